The van der Waals surface area contributed by atoms with Gasteiger partial charge in [-0.2, -0.15) is 5.26 Å². The van der Waals surface area contributed by atoms with Crippen molar-refractivity contribution in [2.75, 3.05) is 27.3 Å². The first-order valence-electron chi connectivity index (χ1n) is 6.29. The summed E-state index contributed by atoms with van der Waals surface area (Å²) in [6.45, 7) is 0.880. The number of methoxy groups -OCH3 is 1. The van der Waals surface area contributed by atoms with Crippen molar-refractivity contribution in [1.82, 2.24) is 10.6 Å². The van der Waals surface area contributed by atoms with E-state index in [-0.39, 0.29) is 18.9 Å². The molecule has 0 fully saturated rings. The second-order valence-electron chi connectivity index (χ2n) is 4.05. The minimum Gasteiger partial charge on any atom is -0.497 e. The number of nitriles is 1. The van der Waals surface area contributed by atoms with Crippen molar-refractivity contribution in [1.29, 1.82) is 5.26 Å². The molecule has 20 heavy (non-hydrogen) atoms. The summed E-state index contributed by atoms with van der Waals surface area (Å²) < 4.78 is 10.6. The minimum atomic E-state index is -0.251. The summed E-state index contributed by atoms with van der Waals surface area (Å²) in [7, 11) is 3.41. The molecule has 1 rings (SSSR count). The molecule has 0 radical (unpaired) electrons. The summed E-state index contributed by atoms with van der Waals surface area (Å²) in [6, 6.07) is 7.43. The maximum Gasteiger partial charge on any atom is 0.257 e. The molecular weight excluding hydrogens is 258 g/mol. The quantitative estimate of drug-likeness (QED) is 0.687. The fourth-order valence-electron chi connectivity index (χ4n) is 1.58. The third-order valence-electron chi connectivity index (χ3n) is 2.56. The van der Waals surface area contributed by atoms with E-state index < -0.39 is 0 Å². The molecule has 0 saturated heterocycles. The highest BCUT2D eigenvalue weighted by molar-refractivity contribution is 5.77. The molecule has 1 aromatic carbocycles. The second kappa shape index (κ2) is 8.77. The van der Waals surface area contributed by atoms with Crippen molar-refractivity contribution >= 4 is 5.91 Å². The van der Waals surface area contributed by atoms with Gasteiger partial charge in [0.2, 0.25) is 0 Å². The number of hydrogen-bond donors (Lipinski definition) is 2. The maximum absolute atomic E-state index is 11.5. The number of benzene rings is 1. The van der Waals surface area contributed by atoms with E-state index in [0.29, 0.717) is 24.6 Å². The molecule has 1 aromatic rings. The van der Waals surface area contributed by atoms with Crippen LogP contribution in [0.4, 0.5) is 0 Å². The Labute approximate surface area is 118 Å². The first-order chi connectivity index (χ1) is 9.71. The van der Waals surface area contributed by atoms with Crippen LogP contribution in [0.25, 0.3) is 0 Å². The molecule has 0 spiro atoms. The number of hydrogen-bond acceptors (Lipinski definition) is 5. The predicted molar refractivity (Wildman–Crippen MR) is 74.5 cm³/mol. The molecule has 0 heterocycles. The summed E-state index contributed by atoms with van der Waals surface area (Å²) in [4.78, 5) is 11.5. The summed E-state index contributed by atoms with van der Waals surface area (Å²) in [6.07, 6.45) is 0.288. The normalized spacial score (nSPS) is 9.65. The first kappa shape index (κ1) is 15.8. The Morgan fingerprint density at radius 3 is 2.90 bits per heavy atom. The lowest BCUT2D eigenvalue weighted by Crippen LogP contribution is -2.29. The number of ether oxygens (including phenoxy) is 2. The average Bonchev–Trinajstić information content (AvgIpc) is 2.46. The first-order valence-corrected chi connectivity index (χ1v) is 6.29. The zero-order valence-electron chi connectivity index (χ0n) is 11.7. The molecule has 0 atom stereocenters. The van der Waals surface area contributed by atoms with Crippen molar-refractivity contribution < 1.29 is 14.3 Å². The van der Waals surface area contributed by atoms with Gasteiger partial charge >= 0.3 is 0 Å². The molecule has 0 aliphatic rings. The standard InChI is InChI=1S/C14H19N3O3/c1-16-9-11-4-5-12(19-2)8-13(11)20-10-14(18)17-7-3-6-15/h4-5,8,16H,3,7,9-10H2,1-2H3,(H,17,18). The lowest BCUT2D eigenvalue weighted by Gasteiger charge is -2.12. The Kier molecular flexibility index (Phi) is 6.93. The van der Waals surface area contributed by atoms with Crippen LogP contribution < -0.4 is 20.1 Å². The number of carbonyl (C=O) groups excluding carboxylic acids is 1. The van der Waals surface area contributed by atoms with Crippen LogP contribution in [-0.2, 0) is 11.3 Å². The van der Waals surface area contributed by atoms with Crippen LogP contribution in [-0.4, -0.2) is 33.2 Å². The Balaban J connectivity index is 2.60. The Hall–Kier alpha value is -2.26. The van der Waals surface area contributed by atoms with Gasteiger partial charge in [0.05, 0.1) is 19.6 Å². The third-order valence-corrected chi connectivity index (χ3v) is 2.56. The largest absolute Gasteiger partial charge is 0.497 e. The smallest absolute Gasteiger partial charge is 0.257 e. The van der Waals surface area contributed by atoms with Crippen LogP contribution >= 0.6 is 0 Å². The van der Waals surface area contributed by atoms with Gasteiger partial charge in [-0.05, 0) is 13.1 Å². The molecule has 108 valence electrons. The molecule has 2 N–H and O–H groups in total. The lowest BCUT2D eigenvalue weighted by molar-refractivity contribution is -0.123. The molecule has 0 saturated carbocycles. The fraction of sp³-hybridized carbons (Fsp3) is 0.429. The van der Waals surface area contributed by atoms with E-state index in [9.17, 15) is 4.79 Å². The molecule has 0 aromatic heterocycles. The van der Waals surface area contributed by atoms with Gasteiger partial charge < -0.3 is 20.1 Å². The van der Waals surface area contributed by atoms with E-state index >= 15 is 0 Å². The summed E-state index contributed by atoms with van der Waals surface area (Å²) in [5.74, 6) is 1.03. The van der Waals surface area contributed by atoms with Crippen molar-refractivity contribution in [3.63, 3.8) is 0 Å². The average molecular weight is 277 g/mol. The van der Waals surface area contributed by atoms with Crippen molar-refractivity contribution in [3.05, 3.63) is 23.8 Å². The topological polar surface area (TPSA) is 83.4 Å². The Bertz CT molecular complexity index is 483. The summed E-state index contributed by atoms with van der Waals surface area (Å²) in [5, 5.41) is 14.0. The summed E-state index contributed by atoms with van der Waals surface area (Å²) >= 11 is 0. The van der Waals surface area contributed by atoms with Crippen LogP contribution in [0.15, 0.2) is 18.2 Å². The predicted octanol–water partition coefficient (Wildman–Crippen LogP) is 0.823. The molecule has 6 heteroatoms. The number of rotatable bonds is 8. The number of nitrogens with one attached hydrogen (secondary N) is 2. The van der Waals surface area contributed by atoms with Gasteiger partial charge in [0.15, 0.2) is 6.61 Å². The van der Waals surface area contributed by atoms with Gasteiger partial charge in [0, 0.05) is 24.7 Å². The molecule has 0 aliphatic carbocycles. The summed E-state index contributed by atoms with van der Waals surface area (Å²) in [5.41, 5.74) is 0.943. The van der Waals surface area contributed by atoms with Gasteiger partial charge in [-0.25, -0.2) is 0 Å². The van der Waals surface area contributed by atoms with E-state index in [1.54, 1.807) is 13.2 Å². The van der Waals surface area contributed by atoms with E-state index in [4.69, 9.17) is 14.7 Å². The van der Waals surface area contributed by atoms with Crippen LogP contribution in [0.5, 0.6) is 11.5 Å². The Morgan fingerprint density at radius 2 is 2.25 bits per heavy atom. The zero-order valence-corrected chi connectivity index (χ0v) is 11.7. The molecule has 0 unspecified atom stereocenters. The van der Waals surface area contributed by atoms with Crippen LogP contribution in [0, 0.1) is 11.3 Å². The molecule has 1 amide bonds. The SMILES string of the molecule is CNCc1ccc(OC)cc1OCC(=O)NCCC#N. The van der Waals surface area contributed by atoms with E-state index in [1.165, 1.54) is 0 Å². The zero-order chi connectivity index (χ0) is 14.8. The molecule has 0 bridgehead atoms. The van der Waals surface area contributed by atoms with Crippen molar-refractivity contribution in [2.45, 2.75) is 13.0 Å². The highest BCUT2D eigenvalue weighted by Gasteiger charge is 2.08. The highest BCUT2D eigenvalue weighted by atomic mass is 16.5. The van der Waals surface area contributed by atoms with Crippen LogP contribution in [0.2, 0.25) is 0 Å². The minimum absolute atomic E-state index is 0.0880. The van der Waals surface area contributed by atoms with Crippen LogP contribution in [0.3, 0.4) is 0 Å². The lowest BCUT2D eigenvalue weighted by atomic mass is 10.2. The number of nitrogens with zero attached hydrogens (tertiary/aromatic N) is 1. The fourth-order valence-corrected chi connectivity index (χ4v) is 1.58. The number of amides is 1. The van der Waals surface area contributed by atoms with Gasteiger partial charge in [-0.1, -0.05) is 6.07 Å². The number of carbonyl (C=O) groups is 1. The maximum atomic E-state index is 11.5. The monoisotopic (exact) mass is 277 g/mol. The third kappa shape index (κ3) is 5.16. The van der Waals surface area contributed by atoms with E-state index in [1.807, 2.05) is 25.2 Å². The highest BCUT2D eigenvalue weighted by Crippen LogP contribution is 2.24. The molecule has 6 nitrogen and oxygen atoms in total. The van der Waals surface area contributed by atoms with Gasteiger partial charge in [0.25, 0.3) is 5.91 Å². The van der Waals surface area contributed by atoms with Crippen molar-refractivity contribution in [3.8, 4) is 17.6 Å². The van der Waals surface area contributed by atoms with Gasteiger partial charge in [-0.15, -0.1) is 0 Å². The van der Waals surface area contributed by atoms with E-state index in [0.717, 1.165) is 5.56 Å². The van der Waals surface area contributed by atoms with Gasteiger partial charge in [0.1, 0.15) is 11.5 Å². The van der Waals surface area contributed by atoms with E-state index in [2.05, 4.69) is 10.6 Å². The Morgan fingerprint density at radius 1 is 1.45 bits per heavy atom. The molecule has 0 aliphatic heterocycles. The van der Waals surface area contributed by atoms with Crippen LogP contribution in [0.1, 0.15) is 12.0 Å². The molecular formula is C14H19N3O3. The second-order valence-corrected chi connectivity index (χ2v) is 4.05. The van der Waals surface area contributed by atoms with Crippen molar-refractivity contribution in [2.24, 2.45) is 0 Å². The van der Waals surface area contributed by atoms with Gasteiger partial charge in [-0.3, -0.25) is 4.79 Å².